The van der Waals surface area contributed by atoms with Crippen molar-refractivity contribution < 1.29 is 65.7 Å². The van der Waals surface area contributed by atoms with E-state index in [1.807, 2.05) is 45.0 Å². The van der Waals surface area contributed by atoms with Crippen molar-refractivity contribution in [3.63, 3.8) is 0 Å². The number of hydrogen-bond acceptors (Lipinski definition) is 9. The molecule has 1 aromatic carbocycles. The van der Waals surface area contributed by atoms with Crippen molar-refractivity contribution in [1.29, 1.82) is 0 Å². The van der Waals surface area contributed by atoms with Gasteiger partial charge in [0, 0.05) is 0 Å². The van der Waals surface area contributed by atoms with Gasteiger partial charge < -0.3 is 4.74 Å². The maximum atomic E-state index is 12.4. The number of benzene rings is 1. The van der Waals surface area contributed by atoms with Crippen LogP contribution in [0.4, 0.5) is 0 Å². The predicted octanol–water partition coefficient (Wildman–Crippen LogP) is 8.43. The van der Waals surface area contributed by atoms with Gasteiger partial charge in [0.1, 0.15) is 5.75 Å². The van der Waals surface area contributed by atoms with E-state index in [4.69, 9.17) is 45.8 Å². The summed E-state index contributed by atoms with van der Waals surface area (Å²) in [7, 11) is 4.71. The molecule has 0 N–H and O–H groups in total. The van der Waals surface area contributed by atoms with Gasteiger partial charge in [-0.1, -0.05) is 0 Å². The standard InChI is InChI=1S/C35H63O9Si2.ClH.Hg/c1-26-30(44-46(12,13)35(5,6)7)32(42-24-38-21-22-45(9,10)11)31(29(43-26)15-14-20-40-33(36)34(2,3)4)41-25-39-23-27-16-18-28(37-8)19-17-27;;/h16-19,26,29-32H,1,14-15,20-25H2,2-13H3;1H;/q;;+1/p-1/t26-,29-,30+,31-,32-;;/m1../s1. The third-order valence-corrected chi connectivity index (χ3v) is 20.1. The number of esters is 1. The molecule has 0 amide bonds. The van der Waals surface area contributed by atoms with Crippen molar-refractivity contribution in [2.75, 3.05) is 33.9 Å². The Morgan fingerprint density at radius 2 is 1.50 bits per heavy atom. The number of carbonyl (C=O) groups excluding carboxylic acids is 1. The molecule has 13 heteroatoms. The van der Waals surface area contributed by atoms with Crippen LogP contribution in [0.1, 0.15) is 59.9 Å². The Bertz CT molecular complexity index is 1070. The molecule has 1 aliphatic heterocycles. The fraction of sp³-hybridized carbons (Fsp3) is 0.800. The van der Waals surface area contributed by atoms with E-state index in [0.29, 0.717) is 32.7 Å². The Kier molecular flexibility index (Phi) is 18.6. The van der Waals surface area contributed by atoms with Crippen LogP contribution >= 0.6 is 8.25 Å². The SMILES string of the molecule is COc1ccc(COCO[C@H]2[C@H](OCOCC[Si](C)(C)C)[C@@H](O[Si](C)(C)C(C)(C)C)[C@@H]([CH2][Hg][Cl])O[C@@H]2CCCOC(=O)C(C)(C)C)cc1. The van der Waals surface area contributed by atoms with Crippen LogP contribution in [0.25, 0.3) is 0 Å². The molecule has 5 atom stereocenters. The third kappa shape index (κ3) is 15.3. The van der Waals surface area contributed by atoms with E-state index in [9.17, 15) is 4.79 Å². The molecule has 0 unspecified atom stereocenters. The maximum absolute atomic E-state index is 12.4. The normalized spacial score (nSPS) is 22.3. The van der Waals surface area contributed by atoms with Crippen LogP contribution in [0.15, 0.2) is 24.3 Å². The van der Waals surface area contributed by atoms with E-state index in [0.717, 1.165) is 21.3 Å². The molecule has 0 aromatic heterocycles. The second-order valence-corrected chi connectivity index (χ2v) is 33.9. The van der Waals surface area contributed by atoms with Crippen molar-refractivity contribution in [3.05, 3.63) is 29.8 Å². The molecule has 2 rings (SSSR count). The summed E-state index contributed by atoms with van der Waals surface area (Å²) in [6.45, 7) is 25.3. The molecular weight excluding hydrogens is 857 g/mol. The fourth-order valence-electron chi connectivity index (χ4n) is 4.85. The third-order valence-electron chi connectivity index (χ3n) is 8.95. The van der Waals surface area contributed by atoms with Crippen molar-refractivity contribution in [3.8, 4) is 5.75 Å². The van der Waals surface area contributed by atoms with Gasteiger partial charge in [-0.3, -0.25) is 0 Å². The molecule has 0 spiro atoms. The summed E-state index contributed by atoms with van der Waals surface area (Å²) in [5.41, 5.74) is 0.449. The van der Waals surface area contributed by atoms with E-state index >= 15 is 0 Å². The van der Waals surface area contributed by atoms with Crippen molar-refractivity contribution in [2.24, 2.45) is 5.41 Å². The van der Waals surface area contributed by atoms with Crippen molar-refractivity contribution >= 4 is 30.6 Å². The first-order valence-corrected chi connectivity index (χ1v) is 34.6. The molecule has 1 fully saturated rings. The Morgan fingerprint density at radius 3 is 2.06 bits per heavy atom. The quantitative estimate of drug-likeness (QED) is 0.0554. The van der Waals surface area contributed by atoms with Crippen LogP contribution in [0.5, 0.6) is 5.75 Å². The summed E-state index contributed by atoms with van der Waals surface area (Å²) in [6, 6.07) is 8.81. The molecule has 9 nitrogen and oxygen atoms in total. The van der Waals surface area contributed by atoms with Gasteiger partial charge in [0.15, 0.2) is 0 Å². The molecule has 1 saturated heterocycles. The summed E-state index contributed by atoms with van der Waals surface area (Å²) < 4.78 is 50.9. The number of rotatable bonds is 20. The minimum atomic E-state index is -2.26. The average molecular weight is 920 g/mol. The molecule has 0 radical (unpaired) electrons. The van der Waals surface area contributed by atoms with Gasteiger partial charge >= 0.3 is 293 Å². The average Bonchev–Trinajstić information content (AvgIpc) is 2.98. The number of methoxy groups -OCH3 is 1. The van der Waals surface area contributed by atoms with Gasteiger partial charge in [0.25, 0.3) is 0 Å². The van der Waals surface area contributed by atoms with Crippen LogP contribution in [0.3, 0.4) is 0 Å². The summed E-state index contributed by atoms with van der Waals surface area (Å²) in [5.74, 6) is 0.572. The van der Waals surface area contributed by atoms with Gasteiger partial charge in [0.2, 0.25) is 0 Å². The van der Waals surface area contributed by atoms with E-state index in [1.165, 1.54) is 0 Å². The molecular formula is C35H63ClHgO9Si2. The summed E-state index contributed by atoms with van der Waals surface area (Å²) in [4.78, 5) is 12.4. The second-order valence-electron chi connectivity index (χ2n) is 16.5. The van der Waals surface area contributed by atoms with Crippen LogP contribution in [0, 0.1) is 5.41 Å². The molecule has 1 heterocycles. The topological polar surface area (TPSA) is 90.9 Å². The van der Waals surface area contributed by atoms with E-state index in [2.05, 4.69) is 53.5 Å². The molecule has 48 heavy (non-hydrogen) atoms. The first-order chi connectivity index (χ1) is 22.3. The van der Waals surface area contributed by atoms with Crippen molar-refractivity contribution in [2.45, 2.75) is 139 Å². The first-order valence-electron chi connectivity index (χ1n) is 17.4. The van der Waals surface area contributed by atoms with Gasteiger partial charge in [-0.15, -0.1) is 0 Å². The van der Waals surface area contributed by atoms with Crippen LogP contribution in [-0.2, 0) is 67.6 Å². The molecule has 1 aromatic rings. The Morgan fingerprint density at radius 1 is 0.875 bits per heavy atom. The fourth-order valence-corrected chi connectivity index (χ4v) is 11.5. The van der Waals surface area contributed by atoms with Crippen LogP contribution < -0.4 is 4.74 Å². The summed E-state index contributed by atoms with van der Waals surface area (Å²) >= 11 is -1.69. The van der Waals surface area contributed by atoms with Gasteiger partial charge in [0.05, 0.1) is 7.11 Å². The Labute approximate surface area is 308 Å². The van der Waals surface area contributed by atoms with E-state index in [-0.39, 0.29) is 42.9 Å². The zero-order valence-electron chi connectivity index (χ0n) is 31.8. The van der Waals surface area contributed by atoms with Gasteiger partial charge in [-0.25, -0.2) is 0 Å². The molecule has 274 valence electrons. The molecule has 0 bridgehead atoms. The zero-order chi connectivity index (χ0) is 36.2. The summed E-state index contributed by atoms with van der Waals surface area (Å²) in [5, 5.41) is -0.0210. The van der Waals surface area contributed by atoms with Crippen LogP contribution in [0.2, 0.25) is 47.7 Å². The van der Waals surface area contributed by atoms with Crippen LogP contribution in [-0.4, -0.2) is 86.8 Å². The monoisotopic (exact) mass is 920 g/mol. The number of halogens is 1. The number of carbonyl (C=O) groups is 1. The van der Waals surface area contributed by atoms with Gasteiger partial charge in [-0.2, -0.15) is 0 Å². The predicted molar refractivity (Wildman–Crippen MR) is 192 cm³/mol. The second kappa shape index (κ2) is 20.2. The number of ether oxygens (including phenoxy) is 7. The zero-order valence-corrected chi connectivity index (χ0v) is 40.1. The Balaban J connectivity index is 2.33. The van der Waals surface area contributed by atoms with Crippen molar-refractivity contribution in [1.82, 2.24) is 0 Å². The van der Waals surface area contributed by atoms with E-state index in [1.54, 1.807) is 7.11 Å². The van der Waals surface area contributed by atoms with E-state index < -0.39 is 57.4 Å². The molecule has 0 saturated carbocycles. The summed E-state index contributed by atoms with van der Waals surface area (Å²) in [6.07, 6.45) is -0.662. The minimum absolute atomic E-state index is 0.0210. The van der Waals surface area contributed by atoms with Gasteiger partial charge in [-0.05, 0) is 0 Å². The molecule has 1 aliphatic rings. The Hall–Kier alpha value is -0.0912. The first kappa shape index (κ1) is 44.1. The number of hydrogen-bond donors (Lipinski definition) is 0. The molecule has 0 aliphatic carbocycles.